The number of carbonyl (C=O) groups excluding carboxylic acids is 1. The highest BCUT2D eigenvalue weighted by molar-refractivity contribution is 6.06. The van der Waals surface area contributed by atoms with Crippen molar-refractivity contribution in [3.8, 4) is 5.75 Å². The number of aryl methyl sites for hydroxylation is 2. The quantitative estimate of drug-likeness (QED) is 0.939. The van der Waals surface area contributed by atoms with E-state index in [-0.39, 0.29) is 5.91 Å². The van der Waals surface area contributed by atoms with Crippen molar-refractivity contribution in [2.45, 2.75) is 13.8 Å². The van der Waals surface area contributed by atoms with Crippen LogP contribution in [0.2, 0.25) is 0 Å². The number of nitrogens with zero attached hydrogens (tertiary/aromatic N) is 3. The monoisotopic (exact) mass is 300 g/mol. The number of aromatic nitrogens is 2. The Morgan fingerprint density at radius 1 is 1.14 bits per heavy atom. The number of amides is 1. The summed E-state index contributed by atoms with van der Waals surface area (Å²) in [7, 11) is 5.29. The fraction of sp³-hybridized carbons (Fsp3) is 0.312. The maximum Gasteiger partial charge on any atom is 0.259 e. The van der Waals surface area contributed by atoms with Crippen molar-refractivity contribution in [3.05, 3.63) is 41.2 Å². The molecular weight excluding hydrogens is 280 g/mol. The predicted molar refractivity (Wildman–Crippen MR) is 86.8 cm³/mol. The number of methoxy groups -OCH3 is 1. The van der Waals surface area contributed by atoms with E-state index in [0.29, 0.717) is 22.9 Å². The van der Waals surface area contributed by atoms with E-state index in [4.69, 9.17) is 4.74 Å². The Morgan fingerprint density at radius 3 is 2.27 bits per heavy atom. The van der Waals surface area contributed by atoms with Crippen molar-refractivity contribution in [3.63, 3.8) is 0 Å². The van der Waals surface area contributed by atoms with Gasteiger partial charge in [0, 0.05) is 14.1 Å². The summed E-state index contributed by atoms with van der Waals surface area (Å²) >= 11 is 0. The first-order valence-corrected chi connectivity index (χ1v) is 6.91. The van der Waals surface area contributed by atoms with E-state index in [2.05, 4.69) is 15.3 Å². The summed E-state index contributed by atoms with van der Waals surface area (Å²) in [4.78, 5) is 23.1. The van der Waals surface area contributed by atoms with E-state index in [1.54, 1.807) is 18.2 Å². The van der Waals surface area contributed by atoms with Crippen molar-refractivity contribution in [2.75, 3.05) is 31.4 Å². The van der Waals surface area contributed by atoms with Gasteiger partial charge in [0.25, 0.3) is 5.91 Å². The lowest BCUT2D eigenvalue weighted by molar-refractivity contribution is 0.102. The molecule has 0 radical (unpaired) electrons. The number of hydrogen-bond acceptors (Lipinski definition) is 5. The molecular formula is C16H20N4O2. The van der Waals surface area contributed by atoms with Crippen molar-refractivity contribution in [2.24, 2.45) is 0 Å². The van der Waals surface area contributed by atoms with Crippen LogP contribution in [0.5, 0.6) is 5.75 Å². The van der Waals surface area contributed by atoms with Gasteiger partial charge in [0.05, 0.1) is 29.7 Å². The van der Waals surface area contributed by atoms with Gasteiger partial charge in [-0.2, -0.15) is 0 Å². The molecule has 0 aliphatic carbocycles. The summed E-state index contributed by atoms with van der Waals surface area (Å²) in [5, 5.41) is 2.87. The van der Waals surface area contributed by atoms with Crippen LogP contribution in [0.3, 0.4) is 0 Å². The van der Waals surface area contributed by atoms with Crippen molar-refractivity contribution < 1.29 is 9.53 Å². The maximum atomic E-state index is 12.5. The van der Waals surface area contributed by atoms with Gasteiger partial charge in [-0.1, -0.05) is 12.1 Å². The normalized spacial score (nSPS) is 10.2. The molecule has 6 nitrogen and oxygen atoms in total. The van der Waals surface area contributed by atoms with Gasteiger partial charge < -0.3 is 15.0 Å². The number of para-hydroxylation sites is 1. The minimum absolute atomic E-state index is 0.246. The first kappa shape index (κ1) is 15.8. The zero-order chi connectivity index (χ0) is 16.3. The molecule has 0 spiro atoms. The maximum absolute atomic E-state index is 12.5. The number of nitrogens with one attached hydrogen (secondary N) is 1. The smallest absolute Gasteiger partial charge is 0.259 e. The zero-order valence-electron chi connectivity index (χ0n) is 13.5. The Labute approximate surface area is 130 Å². The minimum Gasteiger partial charge on any atom is -0.496 e. The highest BCUT2D eigenvalue weighted by Gasteiger charge is 2.16. The highest BCUT2D eigenvalue weighted by atomic mass is 16.5. The molecule has 0 saturated heterocycles. The van der Waals surface area contributed by atoms with Crippen LogP contribution in [0, 0.1) is 13.8 Å². The third-order valence-corrected chi connectivity index (χ3v) is 3.25. The molecule has 2 aromatic rings. The van der Waals surface area contributed by atoms with Gasteiger partial charge in [0.2, 0.25) is 5.95 Å². The third-order valence-electron chi connectivity index (χ3n) is 3.25. The van der Waals surface area contributed by atoms with Crippen LogP contribution in [-0.4, -0.2) is 37.1 Å². The Morgan fingerprint density at radius 2 is 1.73 bits per heavy atom. The van der Waals surface area contributed by atoms with Crippen LogP contribution in [-0.2, 0) is 0 Å². The van der Waals surface area contributed by atoms with E-state index >= 15 is 0 Å². The molecule has 0 atom stereocenters. The fourth-order valence-electron chi connectivity index (χ4n) is 2.09. The minimum atomic E-state index is -0.246. The van der Waals surface area contributed by atoms with Gasteiger partial charge in [-0.15, -0.1) is 0 Å². The molecule has 116 valence electrons. The second kappa shape index (κ2) is 6.43. The molecule has 22 heavy (non-hydrogen) atoms. The van der Waals surface area contributed by atoms with Crippen LogP contribution < -0.4 is 15.0 Å². The summed E-state index contributed by atoms with van der Waals surface area (Å²) in [6.45, 7) is 3.69. The van der Waals surface area contributed by atoms with Gasteiger partial charge in [-0.3, -0.25) is 4.79 Å². The number of ether oxygens (including phenoxy) is 1. The topological polar surface area (TPSA) is 67.3 Å². The van der Waals surface area contributed by atoms with Gasteiger partial charge in [0.1, 0.15) is 5.75 Å². The molecule has 0 bridgehead atoms. The Hall–Kier alpha value is -2.63. The van der Waals surface area contributed by atoms with Crippen molar-refractivity contribution >= 4 is 17.5 Å². The van der Waals surface area contributed by atoms with E-state index in [1.807, 2.05) is 38.9 Å². The summed E-state index contributed by atoms with van der Waals surface area (Å²) in [5.41, 5.74) is 2.54. The Balaban J connectivity index is 2.33. The molecule has 0 unspecified atom stereocenters. The SMILES string of the molecule is COc1ccccc1C(=O)Nc1c(C)nc(N(C)C)nc1C. The number of carbonyl (C=O) groups is 1. The first-order chi connectivity index (χ1) is 10.4. The highest BCUT2D eigenvalue weighted by Crippen LogP contribution is 2.23. The van der Waals surface area contributed by atoms with Crippen LogP contribution in [0.15, 0.2) is 24.3 Å². The largest absolute Gasteiger partial charge is 0.496 e. The predicted octanol–water partition coefficient (Wildman–Crippen LogP) is 2.42. The van der Waals surface area contributed by atoms with Gasteiger partial charge in [-0.05, 0) is 26.0 Å². The molecule has 1 heterocycles. The number of rotatable bonds is 4. The molecule has 1 aromatic heterocycles. The lowest BCUT2D eigenvalue weighted by Crippen LogP contribution is -2.18. The molecule has 0 aliphatic rings. The number of benzene rings is 1. The van der Waals surface area contributed by atoms with E-state index in [9.17, 15) is 4.79 Å². The second-order valence-electron chi connectivity index (χ2n) is 5.12. The van der Waals surface area contributed by atoms with Crippen molar-refractivity contribution in [1.29, 1.82) is 0 Å². The lowest BCUT2D eigenvalue weighted by Gasteiger charge is -2.16. The second-order valence-corrected chi connectivity index (χ2v) is 5.12. The van der Waals surface area contributed by atoms with Crippen LogP contribution in [0.4, 0.5) is 11.6 Å². The van der Waals surface area contributed by atoms with Gasteiger partial charge >= 0.3 is 0 Å². The standard InChI is InChI=1S/C16H20N4O2/c1-10-14(11(2)18-16(17-10)20(3)4)19-15(21)12-8-6-7-9-13(12)22-5/h6-9H,1-5H3,(H,19,21). The van der Waals surface area contributed by atoms with Crippen molar-refractivity contribution in [1.82, 2.24) is 9.97 Å². The number of hydrogen-bond donors (Lipinski definition) is 1. The molecule has 2 rings (SSSR count). The lowest BCUT2D eigenvalue weighted by atomic mass is 10.1. The number of anilines is 2. The van der Waals surface area contributed by atoms with Crippen LogP contribution in [0.1, 0.15) is 21.7 Å². The molecule has 1 aromatic carbocycles. The first-order valence-electron chi connectivity index (χ1n) is 6.91. The van der Waals surface area contributed by atoms with Crippen LogP contribution in [0.25, 0.3) is 0 Å². The third kappa shape index (κ3) is 3.16. The van der Waals surface area contributed by atoms with Crippen LogP contribution >= 0.6 is 0 Å². The zero-order valence-corrected chi connectivity index (χ0v) is 13.5. The van der Waals surface area contributed by atoms with E-state index < -0.39 is 0 Å². The Kier molecular flexibility index (Phi) is 4.60. The summed E-state index contributed by atoms with van der Waals surface area (Å²) < 4.78 is 5.22. The molecule has 0 aliphatic heterocycles. The average molecular weight is 300 g/mol. The summed E-state index contributed by atoms with van der Waals surface area (Å²) in [6.07, 6.45) is 0. The van der Waals surface area contributed by atoms with E-state index in [1.165, 1.54) is 7.11 Å². The Bertz CT molecular complexity index is 675. The molecule has 0 fully saturated rings. The van der Waals surface area contributed by atoms with Gasteiger partial charge in [-0.25, -0.2) is 9.97 Å². The average Bonchev–Trinajstić information content (AvgIpc) is 2.50. The molecule has 6 heteroatoms. The fourth-order valence-corrected chi connectivity index (χ4v) is 2.09. The molecule has 0 saturated carbocycles. The van der Waals surface area contributed by atoms with Gasteiger partial charge in [0.15, 0.2) is 0 Å². The molecule has 1 amide bonds. The summed E-state index contributed by atoms with van der Waals surface area (Å²) in [6, 6.07) is 7.08. The summed E-state index contributed by atoms with van der Waals surface area (Å²) in [5.74, 6) is 0.899. The molecule has 1 N–H and O–H groups in total. The van der Waals surface area contributed by atoms with E-state index in [0.717, 1.165) is 11.4 Å².